The van der Waals surface area contributed by atoms with Crippen LogP contribution in [0.4, 0.5) is 5.69 Å². The minimum Gasteiger partial charge on any atom is -0.465 e. The molecule has 3 rings (SSSR count). The van der Waals surface area contributed by atoms with E-state index in [1.807, 2.05) is 31.2 Å². The highest BCUT2D eigenvalue weighted by Gasteiger charge is 2.16. The highest BCUT2D eigenvalue weighted by molar-refractivity contribution is 7.99. The Morgan fingerprint density at radius 2 is 1.68 bits per heavy atom. The lowest BCUT2D eigenvalue weighted by atomic mass is 10.1. The van der Waals surface area contributed by atoms with Crippen molar-refractivity contribution in [2.24, 2.45) is 0 Å². The average Bonchev–Trinajstić information content (AvgIpc) is 3.25. The van der Waals surface area contributed by atoms with Crippen molar-refractivity contribution in [2.75, 3.05) is 25.3 Å². The van der Waals surface area contributed by atoms with E-state index in [-0.39, 0.29) is 28.5 Å². The van der Waals surface area contributed by atoms with Crippen molar-refractivity contribution in [1.82, 2.24) is 20.2 Å². The lowest BCUT2D eigenvalue weighted by Crippen LogP contribution is -2.16. The van der Waals surface area contributed by atoms with Crippen LogP contribution in [0, 0.1) is 6.92 Å². The predicted octanol–water partition coefficient (Wildman–Crippen LogP) is 2.27. The zero-order chi connectivity index (χ0) is 22.4. The maximum Gasteiger partial charge on any atom is 0.337 e. The number of aromatic nitrogens is 4. The first-order chi connectivity index (χ1) is 14.9. The summed E-state index contributed by atoms with van der Waals surface area (Å²) in [5.74, 6) is -1.66. The third-order valence-corrected chi connectivity index (χ3v) is 5.10. The summed E-state index contributed by atoms with van der Waals surface area (Å²) in [4.78, 5) is 36.2. The fourth-order valence-electron chi connectivity index (χ4n) is 2.72. The molecule has 0 aliphatic carbocycles. The van der Waals surface area contributed by atoms with Gasteiger partial charge >= 0.3 is 11.9 Å². The molecular weight excluding hydrogens is 422 g/mol. The molecule has 3 aromatic rings. The zero-order valence-electron chi connectivity index (χ0n) is 17.0. The molecule has 0 aliphatic rings. The number of esters is 2. The van der Waals surface area contributed by atoms with E-state index in [4.69, 9.17) is 9.47 Å². The van der Waals surface area contributed by atoms with Gasteiger partial charge in [0.2, 0.25) is 11.1 Å². The molecular formula is C20H19N5O5S. The van der Waals surface area contributed by atoms with Crippen molar-refractivity contribution in [3.05, 3.63) is 59.2 Å². The van der Waals surface area contributed by atoms with Crippen molar-refractivity contribution in [3.63, 3.8) is 0 Å². The van der Waals surface area contributed by atoms with E-state index in [0.29, 0.717) is 5.16 Å². The molecule has 160 valence electrons. The van der Waals surface area contributed by atoms with Gasteiger partial charge in [-0.3, -0.25) is 4.79 Å². The summed E-state index contributed by atoms with van der Waals surface area (Å²) in [5, 5.41) is 14.8. The highest BCUT2D eigenvalue weighted by atomic mass is 32.2. The number of nitrogens with zero attached hydrogens (tertiary/aromatic N) is 4. The maximum absolute atomic E-state index is 12.5. The zero-order valence-corrected chi connectivity index (χ0v) is 17.8. The van der Waals surface area contributed by atoms with Crippen LogP contribution in [0.5, 0.6) is 0 Å². The van der Waals surface area contributed by atoms with Crippen LogP contribution in [0.15, 0.2) is 47.6 Å². The molecule has 2 aromatic carbocycles. The van der Waals surface area contributed by atoms with Gasteiger partial charge in [0.05, 0.1) is 36.8 Å². The lowest BCUT2D eigenvalue weighted by molar-refractivity contribution is -0.113. The number of carbonyl (C=O) groups excluding carboxylic acids is 3. The smallest absolute Gasteiger partial charge is 0.337 e. The van der Waals surface area contributed by atoms with E-state index in [0.717, 1.165) is 23.0 Å². The van der Waals surface area contributed by atoms with Crippen LogP contribution >= 0.6 is 11.8 Å². The summed E-state index contributed by atoms with van der Waals surface area (Å²) in [6.45, 7) is 1.94. The van der Waals surface area contributed by atoms with E-state index >= 15 is 0 Å². The fourth-order valence-corrected chi connectivity index (χ4v) is 3.40. The standard InChI is InChI=1S/C20H19N5O5S/c1-12-6-4-5-7-16(12)25-20(22-23-24-25)31-11-17(26)21-15-9-13(18(27)29-2)8-14(10-15)19(28)30-3/h4-10H,11H2,1-3H3,(H,21,26). The Balaban J connectivity index is 1.74. The minimum atomic E-state index is -0.645. The van der Waals surface area contributed by atoms with Gasteiger partial charge in [-0.25, -0.2) is 9.59 Å². The summed E-state index contributed by atoms with van der Waals surface area (Å²) in [6.07, 6.45) is 0. The summed E-state index contributed by atoms with van der Waals surface area (Å²) in [6, 6.07) is 11.8. The van der Waals surface area contributed by atoms with Gasteiger partial charge in [-0.05, 0) is 47.2 Å². The Hall–Kier alpha value is -3.73. The van der Waals surface area contributed by atoms with Gasteiger partial charge in [-0.2, -0.15) is 4.68 Å². The van der Waals surface area contributed by atoms with Gasteiger partial charge in [-0.15, -0.1) is 5.10 Å². The summed E-state index contributed by atoms with van der Waals surface area (Å²) in [5.41, 5.74) is 2.26. The van der Waals surface area contributed by atoms with Crippen LogP contribution in [-0.4, -0.2) is 58.0 Å². The molecule has 1 heterocycles. The largest absolute Gasteiger partial charge is 0.465 e. The number of para-hydroxylation sites is 1. The number of hydrogen-bond acceptors (Lipinski definition) is 9. The Morgan fingerprint density at radius 3 is 2.29 bits per heavy atom. The van der Waals surface area contributed by atoms with Crippen LogP contribution in [0.1, 0.15) is 26.3 Å². The topological polar surface area (TPSA) is 125 Å². The first-order valence-corrected chi connectivity index (χ1v) is 10.00. The van der Waals surface area contributed by atoms with Crippen molar-refractivity contribution < 1.29 is 23.9 Å². The summed E-state index contributed by atoms with van der Waals surface area (Å²) in [7, 11) is 2.45. The summed E-state index contributed by atoms with van der Waals surface area (Å²) < 4.78 is 10.9. The highest BCUT2D eigenvalue weighted by Crippen LogP contribution is 2.21. The third kappa shape index (κ3) is 5.25. The second-order valence-corrected chi connectivity index (χ2v) is 7.22. The van der Waals surface area contributed by atoms with Crippen LogP contribution in [0.3, 0.4) is 0 Å². The van der Waals surface area contributed by atoms with Crippen molar-refractivity contribution in [3.8, 4) is 5.69 Å². The monoisotopic (exact) mass is 441 g/mol. The van der Waals surface area contributed by atoms with Gasteiger partial charge in [0.15, 0.2) is 0 Å². The molecule has 0 unspecified atom stereocenters. The Kier molecular flexibility index (Phi) is 6.98. The summed E-state index contributed by atoms with van der Waals surface area (Å²) >= 11 is 1.15. The average molecular weight is 441 g/mol. The van der Waals surface area contributed by atoms with Crippen LogP contribution in [0.25, 0.3) is 5.69 Å². The van der Waals surface area contributed by atoms with Gasteiger partial charge in [0.1, 0.15) is 0 Å². The number of amides is 1. The number of rotatable bonds is 7. The van der Waals surface area contributed by atoms with Crippen LogP contribution < -0.4 is 5.32 Å². The van der Waals surface area contributed by atoms with E-state index in [1.165, 1.54) is 32.4 Å². The second-order valence-electron chi connectivity index (χ2n) is 6.28. The molecule has 0 fully saturated rings. The maximum atomic E-state index is 12.5. The van der Waals surface area contributed by atoms with E-state index in [2.05, 4.69) is 20.8 Å². The third-order valence-electron chi connectivity index (χ3n) is 4.18. The first-order valence-electron chi connectivity index (χ1n) is 9.01. The molecule has 0 saturated carbocycles. The molecule has 11 heteroatoms. The molecule has 0 spiro atoms. The van der Waals surface area contributed by atoms with Gasteiger partial charge < -0.3 is 14.8 Å². The number of tetrazole rings is 1. The molecule has 0 bridgehead atoms. The SMILES string of the molecule is COC(=O)c1cc(NC(=O)CSc2nnnn2-c2ccccc2C)cc(C(=O)OC)c1. The Morgan fingerprint density at radius 1 is 1.03 bits per heavy atom. The van der Waals surface area contributed by atoms with E-state index < -0.39 is 11.9 Å². The number of carbonyl (C=O) groups is 3. The van der Waals surface area contributed by atoms with E-state index in [1.54, 1.807) is 4.68 Å². The number of aryl methyl sites for hydroxylation is 1. The predicted molar refractivity (Wildman–Crippen MR) is 112 cm³/mol. The molecule has 1 N–H and O–H groups in total. The minimum absolute atomic E-state index is 0.00225. The molecule has 1 aromatic heterocycles. The Bertz CT molecular complexity index is 1100. The number of nitrogens with one attached hydrogen (secondary N) is 1. The number of hydrogen-bond donors (Lipinski definition) is 1. The van der Waals surface area contributed by atoms with Crippen molar-refractivity contribution in [2.45, 2.75) is 12.1 Å². The number of anilines is 1. The number of benzene rings is 2. The van der Waals surface area contributed by atoms with Crippen molar-refractivity contribution >= 4 is 35.3 Å². The first kappa shape index (κ1) is 22.0. The van der Waals surface area contributed by atoms with Crippen LogP contribution in [-0.2, 0) is 14.3 Å². The van der Waals surface area contributed by atoms with E-state index in [9.17, 15) is 14.4 Å². The number of thioether (sulfide) groups is 1. The number of methoxy groups -OCH3 is 2. The fraction of sp³-hybridized carbons (Fsp3) is 0.200. The van der Waals surface area contributed by atoms with Gasteiger partial charge in [-0.1, -0.05) is 30.0 Å². The molecule has 0 atom stereocenters. The number of ether oxygens (including phenoxy) is 2. The lowest BCUT2D eigenvalue weighted by Gasteiger charge is -2.10. The molecule has 10 nitrogen and oxygen atoms in total. The molecule has 0 saturated heterocycles. The quantitative estimate of drug-likeness (QED) is 0.434. The molecule has 31 heavy (non-hydrogen) atoms. The molecule has 0 radical (unpaired) electrons. The van der Waals surface area contributed by atoms with Crippen LogP contribution in [0.2, 0.25) is 0 Å². The van der Waals surface area contributed by atoms with Gasteiger partial charge in [0.25, 0.3) is 0 Å². The van der Waals surface area contributed by atoms with Gasteiger partial charge in [0, 0.05) is 5.69 Å². The van der Waals surface area contributed by atoms with Crippen molar-refractivity contribution in [1.29, 1.82) is 0 Å². The molecule has 0 aliphatic heterocycles. The normalized spacial score (nSPS) is 10.4. The molecule has 1 amide bonds. The second kappa shape index (κ2) is 9.85. The Labute approximate surface area is 181 Å².